The molecule has 0 N–H and O–H groups in total. The fraction of sp³-hybridized carbons (Fsp3) is 0.156. The fourth-order valence-electron chi connectivity index (χ4n) is 6.28. The van der Waals surface area contributed by atoms with Gasteiger partial charge in [0.15, 0.2) is 0 Å². The number of hydrogen-bond donors (Lipinski definition) is 0. The maximum absolute atomic E-state index is 14.1. The molecule has 2 amide bonds. The molecule has 1 saturated heterocycles. The topological polar surface area (TPSA) is 72.9 Å². The number of benzene rings is 4. The second-order valence-corrected chi connectivity index (χ2v) is 10.5. The zero-order chi connectivity index (χ0) is 26.8. The molecule has 0 radical (unpaired) electrons. The predicted octanol–water partition coefficient (Wildman–Crippen LogP) is 6.02. The Kier molecular flexibility index (Phi) is 5.35. The maximum Gasteiger partial charge on any atom is 0.319 e. The minimum Gasteiger partial charge on any atom is -0.497 e. The van der Waals surface area contributed by atoms with Crippen molar-refractivity contribution >= 4 is 51.4 Å². The maximum atomic E-state index is 14.1. The molecule has 4 aromatic rings. The summed E-state index contributed by atoms with van der Waals surface area (Å²) in [6.45, 7) is 0. The van der Waals surface area contributed by atoms with Gasteiger partial charge in [0.25, 0.3) is 0 Å². The summed E-state index contributed by atoms with van der Waals surface area (Å²) in [5.41, 5.74) is 2.76. The van der Waals surface area contributed by atoms with Gasteiger partial charge >= 0.3 is 5.97 Å². The Morgan fingerprint density at radius 1 is 0.821 bits per heavy atom. The molecule has 0 unspecified atom stereocenters. The van der Waals surface area contributed by atoms with Crippen LogP contribution in [0.2, 0.25) is 5.02 Å². The van der Waals surface area contributed by atoms with E-state index in [9.17, 15) is 14.4 Å². The molecule has 0 bridgehead atoms. The van der Waals surface area contributed by atoms with Crippen LogP contribution in [-0.2, 0) is 14.4 Å². The number of rotatable bonds is 3. The lowest BCUT2D eigenvalue weighted by Gasteiger charge is -2.38. The van der Waals surface area contributed by atoms with E-state index < -0.39 is 35.5 Å². The molecule has 1 aliphatic carbocycles. The number of carbonyl (C=O) groups is 3. The second kappa shape index (κ2) is 8.82. The van der Waals surface area contributed by atoms with Crippen LogP contribution in [0.25, 0.3) is 16.3 Å². The molecule has 4 aromatic carbocycles. The molecule has 1 fully saturated rings. The number of halogens is 1. The van der Waals surface area contributed by atoms with E-state index in [1.54, 1.807) is 31.4 Å². The highest BCUT2D eigenvalue weighted by Gasteiger charge is 2.60. The molecule has 3 aliphatic rings. The Morgan fingerprint density at radius 2 is 1.54 bits per heavy atom. The van der Waals surface area contributed by atoms with Crippen molar-refractivity contribution in [3.05, 3.63) is 107 Å². The lowest BCUT2D eigenvalue weighted by atomic mass is 9.64. The number of carbonyl (C=O) groups excluding carboxylic acids is 3. The van der Waals surface area contributed by atoms with Crippen molar-refractivity contribution in [2.45, 2.75) is 5.92 Å². The van der Waals surface area contributed by atoms with Gasteiger partial charge in [0.1, 0.15) is 11.5 Å². The van der Waals surface area contributed by atoms with E-state index >= 15 is 0 Å². The van der Waals surface area contributed by atoms with Gasteiger partial charge in [0, 0.05) is 21.9 Å². The molecular formula is C32H22ClNO5. The summed E-state index contributed by atoms with van der Waals surface area (Å²) >= 11 is 6.07. The summed E-state index contributed by atoms with van der Waals surface area (Å²) in [6.07, 6.45) is 1.98. The van der Waals surface area contributed by atoms with Gasteiger partial charge in [-0.25, -0.2) is 4.90 Å². The summed E-state index contributed by atoms with van der Waals surface area (Å²) in [7, 11) is 1.59. The zero-order valence-electron chi connectivity index (χ0n) is 20.8. The first-order valence-corrected chi connectivity index (χ1v) is 13.1. The third kappa shape index (κ3) is 3.52. The summed E-state index contributed by atoms with van der Waals surface area (Å²) in [5, 5.41) is 2.27. The van der Waals surface area contributed by atoms with Crippen LogP contribution in [0, 0.1) is 17.8 Å². The highest BCUT2D eigenvalue weighted by Crippen LogP contribution is 2.55. The van der Waals surface area contributed by atoms with E-state index in [2.05, 4.69) is 0 Å². The number of ether oxygens (including phenoxy) is 2. The van der Waals surface area contributed by atoms with E-state index in [1.165, 1.54) is 4.90 Å². The van der Waals surface area contributed by atoms with Crippen LogP contribution >= 0.6 is 11.6 Å². The monoisotopic (exact) mass is 535 g/mol. The number of nitrogens with zero attached hydrogens (tertiary/aromatic N) is 1. The summed E-state index contributed by atoms with van der Waals surface area (Å²) in [6, 6.07) is 25.7. The predicted molar refractivity (Wildman–Crippen MR) is 148 cm³/mol. The first kappa shape index (κ1) is 23.7. The Hall–Kier alpha value is -4.42. The van der Waals surface area contributed by atoms with E-state index in [0.717, 1.165) is 21.9 Å². The minimum atomic E-state index is -0.910. The number of allylic oxidation sites excluding steroid dienone is 1. The molecule has 7 rings (SSSR count). The summed E-state index contributed by atoms with van der Waals surface area (Å²) in [4.78, 5) is 42.9. The number of imide groups is 1. The Bertz CT molecular complexity index is 1710. The standard InChI is InChI=1S/C32H22ClNO5/c1-38-21-13-6-18(7-14-21)24-16-25-23-15-8-17-4-2-3-5-22(17)29(23)39-32(37)27(25)28-26(24)30(35)34(31(28)36)20-11-9-19(33)10-12-20/h2-16,24,26-28H,1H3/t24-,26-,27-,28-/m0/s1. The Labute approximate surface area is 229 Å². The molecular weight excluding hydrogens is 514 g/mol. The fourth-order valence-corrected chi connectivity index (χ4v) is 6.41. The van der Waals surface area contributed by atoms with Crippen LogP contribution in [-0.4, -0.2) is 24.9 Å². The summed E-state index contributed by atoms with van der Waals surface area (Å²) < 4.78 is 11.3. The SMILES string of the molecule is COc1ccc([C@@H]2C=C3c4ccc5ccccc5c4OC(=O)[C@@H]3[C@H]3C(=O)N(c4ccc(Cl)cc4)C(=O)[C@H]32)cc1. The van der Waals surface area contributed by atoms with Gasteiger partial charge in [-0.1, -0.05) is 66.2 Å². The van der Waals surface area contributed by atoms with Crippen molar-refractivity contribution in [3.8, 4) is 11.5 Å². The molecule has 192 valence electrons. The number of anilines is 1. The van der Waals surface area contributed by atoms with Crippen molar-refractivity contribution < 1.29 is 23.9 Å². The largest absolute Gasteiger partial charge is 0.497 e. The van der Waals surface area contributed by atoms with Gasteiger partial charge in [0.05, 0.1) is 30.6 Å². The van der Waals surface area contributed by atoms with Crippen LogP contribution in [0.15, 0.2) is 91.0 Å². The number of hydrogen-bond acceptors (Lipinski definition) is 5. The number of methoxy groups -OCH3 is 1. The summed E-state index contributed by atoms with van der Waals surface area (Å²) in [5.74, 6) is -3.13. The third-order valence-corrected chi connectivity index (χ3v) is 8.32. The Morgan fingerprint density at radius 3 is 2.28 bits per heavy atom. The normalized spacial score (nSPS) is 23.6. The van der Waals surface area contributed by atoms with Crippen LogP contribution < -0.4 is 14.4 Å². The van der Waals surface area contributed by atoms with Crippen LogP contribution in [0.1, 0.15) is 17.0 Å². The van der Waals surface area contributed by atoms with E-state index in [4.69, 9.17) is 21.1 Å². The molecule has 7 heteroatoms. The lowest BCUT2D eigenvalue weighted by molar-refractivity contribution is -0.142. The smallest absolute Gasteiger partial charge is 0.319 e. The zero-order valence-corrected chi connectivity index (χ0v) is 21.6. The molecule has 0 aromatic heterocycles. The highest BCUT2D eigenvalue weighted by molar-refractivity contribution is 6.31. The average molecular weight is 536 g/mol. The van der Waals surface area contributed by atoms with Gasteiger partial charge in [-0.15, -0.1) is 0 Å². The van der Waals surface area contributed by atoms with Crippen LogP contribution in [0.3, 0.4) is 0 Å². The highest BCUT2D eigenvalue weighted by atomic mass is 35.5. The molecule has 2 aliphatic heterocycles. The number of fused-ring (bicyclic) bond motifs is 7. The van der Waals surface area contributed by atoms with Crippen molar-refractivity contribution in [2.75, 3.05) is 12.0 Å². The van der Waals surface area contributed by atoms with E-state index in [1.807, 2.05) is 66.7 Å². The van der Waals surface area contributed by atoms with E-state index in [-0.39, 0.29) is 5.91 Å². The lowest BCUT2D eigenvalue weighted by Crippen LogP contribution is -2.42. The van der Waals surface area contributed by atoms with Crippen molar-refractivity contribution in [2.24, 2.45) is 17.8 Å². The number of esters is 1. The number of amides is 2. The molecule has 0 spiro atoms. The molecule has 0 saturated carbocycles. The molecule has 2 heterocycles. The van der Waals surface area contributed by atoms with Crippen molar-refractivity contribution in [1.29, 1.82) is 0 Å². The van der Waals surface area contributed by atoms with Gasteiger partial charge in [-0.05, 0) is 52.9 Å². The van der Waals surface area contributed by atoms with Gasteiger partial charge < -0.3 is 9.47 Å². The molecule has 4 atom stereocenters. The molecule has 39 heavy (non-hydrogen) atoms. The van der Waals surface area contributed by atoms with Crippen molar-refractivity contribution in [1.82, 2.24) is 0 Å². The minimum absolute atomic E-state index is 0.347. The van der Waals surface area contributed by atoms with Gasteiger partial charge in [-0.2, -0.15) is 0 Å². The Balaban J connectivity index is 1.43. The quantitative estimate of drug-likeness (QED) is 0.182. The second-order valence-electron chi connectivity index (χ2n) is 10.0. The van der Waals surface area contributed by atoms with Gasteiger partial charge in [-0.3, -0.25) is 14.4 Å². The van der Waals surface area contributed by atoms with Crippen molar-refractivity contribution in [3.63, 3.8) is 0 Å². The third-order valence-electron chi connectivity index (χ3n) is 8.07. The molecule has 6 nitrogen and oxygen atoms in total. The van der Waals surface area contributed by atoms with Crippen LogP contribution in [0.4, 0.5) is 5.69 Å². The van der Waals surface area contributed by atoms with Crippen LogP contribution in [0.5, 0.6) is 11.5 Å². The first-order valence-electron chi connectivity index (χ1n) is 12.7. The van der Waals surface area contributed by atoms with Gasteiger partial charge in [0.2, 0.25) is 11.8 Å². The average Bonchev–Trinajstić information content (AvgIpc) is 3.23. The van der Waals surface area contributed by atoms with E-state index in [0.29, 0.717) is 27.8 Å². The first-order chi connectivity index (χ1) is 19.0.